The van der Waals surface area contributed by atoms with Gasteiger partial charge in [0.25, 0.3) is 5.91 Å². The first kappa shape index (κ1) is 16.8. The molecule has 25 heavy (non-hydrogen) atoms. The van der Waals surface area contributed by atoms with Gasteiger partial charge in [0.1, 0.15) is 17.1 Å². The van der Waals surface area contributed by atoms with Crippen LogP contribution in [0.1, 0.15) is 12.0 Å². The van der Waals surface area contributed by atoms with E-state index in [0.717, 1.165) is 11.1 Å². The molecule has 2 aromatic carbocycles. The fraction of sp³-hybridized carbons (Fsp3) is 0.200. The van der Waals surface area contributed by atoms with Gasteiger partial charge in [0.2, 0.25) is 0 Å². The molecule has 0 saturated carbocycles. The van der Waals surface area contributed by atoms with E-state index < -0.39 is 5.97 Å². The molecule has 2 aromatic rings. The fourth-order valence-corrected chi connectivity index (χ4v) is 2.77. The molecule has 0 N–H and O–H groups in total. The number of carbonyl (C=O) groups excluding carboxylic acids is 2. The molecular formula is C20H19NO4. The maximum atomic E-state index is 12.7. The van der Waals surface area contributed by atoms with Crippen LogP contribution in [0.2, 0.25) is 0 Å². The smallest absolute Gasteiger partial charge is 0.349 e. The summed E-state index contributed by atoms with van der Waals surface area (Å²) in [6, 6.07) is 16.1. The number of likely N-dealkylation sites (N-methyl/N-ethyl adjacent to an activating group) is 1. The number of carbonyl (C=O) groups is 2. The second kappa shape index (κ2) is 7.21. The molecule has 0 bridgehead atoms. The summed E-state index contributed by atoms with van der Waals surface area (Å²) in [6.07, 6.45) is 0.610. The predicted molar refractivity (Wildman–Crippen MR) is 94.2 cm³/mol. The van der Waals surface area contributed by atoms with Crippen molar-refractivity contribution in [1.29, 1.82) is 0 Å². The van der Waals surface area contributed by atoms with E-state index in [1.165, 1.54) is 4.90 Å². The Morgan fingerprint density at radius 3 is 2.28 bits per heavy atom. The predicted octanol–water partition coefficient (Wildman–Crippen LogP) is 2.92. The summed E-state index contributed by atoms with van der Waals surface area (Å²) < 4.78 is 10.5. The molecule has 3 rings (SSSR count). The van der Waals surface area contributed by atoms with Crippen LogP contribution in [0.3, 0.4) is 0 Å². The molecule has 1 aliphatic heterocycles. The molecule has 5 nitrogen and oxygen atoms in total. The average Bonchev–Trinajstić information content (AvgIpc) is 2.65. The third kappa shape index (κ3) is 3.55. The van der Waals surface area contributed by atoms with Crippen LogP contribution in [-0.4, -0.2) is 37.5 Å². The summed E-state index contributed by atoms with van der Waals surface area (Å²) in [6.45, 7) is 0.572. The van der Waals surface area contributed by atoms with Gasteiger partial charge < -0.3 is 14.4 Å². The van der Waals surface area contributed by atoms with Gasteiger partial charge in [-0.15, -0.1) is 0 Å². The molecule has 0 aromatic heterocycles. The minimum Gasteiger partial charge on any atom is -0.497 e. The van der Waals surface area contributed by atoms with Crippen molar-refractivity contribution in [2.75, 3.05) is 20.7 Å². The number of nitrogens with zero attached hydrogens (tertiary/aromatic N) is 1. The van der Waals surface area contributed by atoms with Crippen molar-refractivity contribution in [3.8, 4) is 11.5 Å². The number of rotatable bonds is 4. The number of methoxy groups -OCH3 is 1. The molecule has 0 aliphatic carbocycles. The number of hydrogen-bond donors (Lipinski definition) is 0. The number of amides is 1. The van der Waals surface area contributed by atoms with E-state index in [2.05, 4.69) is 0 Å². The first-order chi connectivity index (χ1) is 12.1. The number of ether oxygens (including phenoxy) is 2. The quantitative estimate of drug-likeness (QED) is 0.489. The second-order valence-corrected chi connectivity index (χ2v) is 5.76. The normalized spacial score (nSPS) is 14.5. The van der Waals surface area contributed by atoms with Crippen LogP contribution in [0.15, 0.2) is 60.2 Å². The third-order valence-corrected chi connectivity index (χ3v) is 4.16. The van der Waals surface area contributed by atoms with Gasteiger partial charge in [-0.25, -0.2) is 4.79 Å². The van der Waals surface area contributed by atoms with Crippen molar-refractivity contribution in [3.05, 3.63) is 65.7 Å². The van der Waals surface area contributed by atoms with E-state index >= 15 is 0 Å². The van der Waals surface area contributed by atoms with Gasteiger partial charge >= 0.3 is 5.97 Å². The zero-order valence-electron chi connectivity index (χ0n) is 14.2. The van der Waals surface area contributed by atoms with E-state index in [1.54, 1.807) is 38.4 Å². The summed E-state index contributed by atoms with van der Waals surface area (Å²) in [5.74, 6) is 0.0772. The summed E-state index contributed by atoms with van der Waals surface area (Å²) >= 11 is 0. The monoisotopic (exact) mass is 337 g/mol. The zero-order chi connectivity index (χ0) is 17.8. The molecule has 1 aliphatic rings. The highest BCUT2D eigenvalue weighted by molar-refractivity contribution is 6.23. The largest absolute Gasteiger partial charge is 0.497 e. The lowest BCUT2D eigenvalue weighted by Crippen LogP contribution is -2.37. The van der Waals surface area contributed by atoms with Gasteiger partial charge in [0, 0.05) is 13.6 Å². The van der Waals surface area contributed by atoms with Gasteiger partial charge in [0.05, 0.1) is 7.11 Å². The average molecular weight is 337 g/mol. The van der Waals surface area contributed by atoms with Crippen LogP contribution in [0.25, 0.3) is 5.57 Å². The summed E-state index contributed by atoms with van der Waals surface area (Å²) in [5, 5.41) is 0. The molecular weight excluding hydrogens is 318 g/mol. The minimum absolute atomic E-state index is 0.0933. The zero-order valence-corrected chi connectivity index (χ0v) is 14.2. The Balaban J connectivity index is 1.94. The fourth-order valence-electron chi connectivity index (χ4n) is 2.77. The number of benzene rings is 2. The molecule has 0 saturated heterocycles. The van der Waals surface area contributed by atoms with Crippen molar-refractivity contribution in [2.45, 2.75) is 6.42 Å². The van der Waals surface area contributed by atoms with Crippen LogP contribution in [0.4, 0.5) is 0 Å². The lowest BCUT2D eigenvalue weighted by Gasteiger charge is -2.26. The van der Waals surface area contributed by atoms with Gasteiger partial charge in [-0.2, -0.15) is 0 Å². The Labute approximate surface area is 146 Å². The van der Waals surface area contributed by atoms with Crippen LogP contribution in [0, 0.1) is 0 Å². The molecule has 0 unspecified atom stereocenters. The SMILES string of the molecule is COc1ccc(OC(=O)C2=C(c3ccccc3)CCN(C)C2=O)cc1. The van der Waals surface area contributed by atoms with E-state index in [1.807, 2.05) is 30.3 Å². The van der Waals surface area contributed by atoms with E-state index in [0.29, 0.717) is 24.5 Å². The Morgan fingerprint density at radius 2 is 1.64 bits per heavy atom. The van der Waals surface area contributed by atoms with Crippen molar-refractivity contribution in [1.82, 2.24) is 4.90 Å². The maximum Gasteiger partial charge on any atom is 0.349 e. The van der Waals surface area contributed by atoms with Gasteiger partial charge in [-0.1, -0.05) is 30.3 Å². The van der Waals surface area contributed by atoms with Crippen molar-refractivity contribution >= 4 is 17.4 Å². The van der Waals surface area contributed by atoms with Gasteiger partial charge in [-0.05, 0) is 41.8 Å². The van der Waals surface area contributed by atoms with Crippen molar-refractivity contribution in [3.63, 3.8) is 0 Å². The number of esters is 1. The van der Waals surface area contributed by atoms with Crippen LogP contribution >= 0.6 is 0 Å². The van der Waals surface area contributed by atoms with Crippen molar-refractivity contribution < 1.29 is 19.1 Å². The highest BCUT2D eigenvalue weighted by atomic mass is 16.5. The molecule has 0 fully saturated rings. The first-order valence-electron chi connectivity index (χ1n) is 8.00. The lowest BCUT2D eigenvalue weighted by molar-refractivity contribution is -0.135. The van der Waals surface area contributed by atoms with Crippen LogP contribution < -0.4 is 9.47 Å². The molecule has 1 heterocycles. The summed E-state index contributed by atoms with van der Waals surface area (Å²) in [5.41, 5.74) is 1.68. The molecule has 1 amide bonds. The van der Waals surface area contributed by atoms with Gasteiger partial charge in [-0.3, -0.25) is 4.79 Å². The van der Waals surface area contributed by atoms with Crippen LogP contribution in [-0.2, 0) is 9.59 Å². The maximum absolute atomic E-state index is 12.7. The van der Waals surface area contributed by atoms with E-state index in [9.17, 15) is 9.59 Å². The molecule has 0 radical (unpaired) electrons. The van der Waals surface area contributed by atoms with Gasteiger partial charge in [0.15, 0.2) is 0 Å². The molecule has 128 valence electrons. The van der Waals surface area contributed by atoms with E-state index in [4.69, 9.17) is 9.47 Å². The molecule has 0 atom stereocenters. The number of hydrogen-bond acceptors (Lipinski definition) is 4. The summed E-state index contributed by atoms with van der Waals surface area (Å²) in [4.78, 5) is 26.8. The minimum atomic E-state index is -0.638. The molecule has 5 heteroatoms. The standard InChI is InChI=1S/C20H19NO4/c1-21-13-12-17(14-6-4-3-5-7-14)18(19(21)22)20(23)25-16-10-8-15(24-2)9-11-16/h3-11H,12-13H2,1-2H3. The highest BCUT2D eigenvalue weighted by Gasteiger charge is 2.32. The summed E-state index contributed by atoms with van der Waals surface area (Å²) in [7, 11) is 3.25. The Morgan fingerprint density at radius 1 is 1.00 bits per heavy atom. The van der Waals surface area contributed by atoms with Crippen LogP contribution in [0.5, 0.6) is 11.5 Å². The highest BCUT2D eigenvalue weighted by Crippen LogP contribution is 2.29. The van der Waals surface area contributed by atoms with E-state index in [-0.39, 0.29) is 11.5 Å². The Kier molecular flexibility index (Phi) is 4.84. The Bertz CT molecular complexity index is 809. The lowest BCUT2D eigenvalue weighted by atomic mass is 9.93. The topological polar surface area (TPSA) is 55.8 Å². The molecule has 0 spiro atoms. The van der Waals surface area contributed by atoms with Crippen molar-refractivity contribution in [2.24, 2.45) is 0 Å². The Hall–Kier alpha value is -3.08. The third-order valence-electron chi connectivity index (χ3n) is 4.16. The first-order valence-corrected chi connectivity index (χ1v) is 8.00. The second-order valence-electron chi connectivity index (χ2n) is 5.76.